The number of nitrogens with zero attached hydrogens (tertiary/aromatic N) is 4. The topological polar surface area (TPSA) is 113 Å². The molecule has 0 aliphatic heterocycles. The number of hydrogen-bond donors (Lipinski definition) is 2. The number of hydrogen-bond acceptors (Lipinski definition) is 6. The second-order valence-corrected chi connectivity index (χ2v) is 28.7. The summed E-state index contributed by atoms with van der Waals surface area (Å²) in [4.78, 5) is 0. The monoisotopic (exact) mass is 1450 g/mol. The number of aromatic nitrogens is 4. The van der Waals surface area contributed by atoms with E-state index in [-0.39, 0.29) is 0 Å². The molecule has 0 aliphatic carbocycles. The molecule has 0 saturated carbocycles. The summed E-state index contributed by atoms with van der Waals surface area (Å²) < 4.78 is 34.7. The predicted molar refractivity (Wildman–Crippen MR) is 449 cm³/mol. The van der Waals surface area contributed by atoms with Crippen LogP contribution in [0.3, 0.4) is 0 Å². The van der Waals surface area contributed by atoms with Crippen LogP contribution in [0.5, 0.6) is 0 Å². The maximum atomic E-state index is 9.61. The van der Waals surface area contributed by atoms with Crippen LogP contribution in [0.2, 0.25) is 0 Å². The molecule has 0 aliphatic rings. The lowest BCUT2D eigenvalue weighted by molar-refractivity contribution is 0.426. The molecule has 8 aromatic heterocycles. The van der Waals surface area contributed by atoms with Crippen molar-refractivity contribution < 1.29 is 27.7 Å². The Morgan fingerprint density at radius 2 is 0.454 bits per heavy atom. The molecule has 10 nitrogen and oxygen atoms in total. The van der Waals surface area contributed by atoms with Crippen molar-refractivity contribution in [2.45, 2.75) is 0 Å². The Morgan fingerprint density at radius 3 is 0.778 bits per heavy atom. The average molecular weight is 1450 g/mol. The summed E-state index contributed by atoms with van der Waals surface area (Å²) in [5, 5.41) is 37.7. The molecule has 24 aromatic rings. The zero-order valence-electron chi connectivity index (χ0n) is 57.6. The third-order valence-corrected chi connectivity index (χ3v) is 22.3. The van der Waals surface area contributed by atoms with Gasteiger partial charge in [0.25, 0.3) is 0 Å². The SMILES string of the molecule is Brc1ccc2c(c1)c1ccccc1n2-c1ccc2oc3ccccc3c2c1.OB(O)c1ccc2c(c1)c1ccccc1n2-c1ccc2oc3ccccc3c2c1.c1ccc2c(c1)oc1ccc(-n3c4ccccc4c4cc(-c5ccc6c(c5)c5ccccc5n6-c5ccc6oc7ccccc7c6c5)ccc43)cc12. The van der Waals surface area contributed by atoms with Gasteiger partial charge in [0.2, 0.25) is 0 Å². The lowest BCUT2D eigenvalue weighted by Crippen LogP contribution is -2.29. The first-order valence-electron chi connectivity index (χ1n) is 36.1. The number of halogens is 1. The van der Waals surface area contributed by atoms with Crippen molar-refractivity contribution in [3.05, 3.63) is 344 Å². The van der Waals surface area contributed by atoms with Gasteiger partial charge in [-0.15, -0.1) is 0 Å². The Labute approximate surface area is 623 Å². The van der Waals surface area contributed by atoms with Gasteiger partial charge >= 0.3 is 7.12 Å². The quantitative estimate of drug-likeness (QED) is 0.160. The van der Waals surface area contributed by atoms with E-state index in [2.05, 4.69) is 283 Å². The molecule has 2 N–H and O–H groups in total. The fraction of sp³-hybridized carbons (Fsp3) is 0. The van der Waals surface area contributed by atoms with E-state index in [0.717, 1.165) is 137 Å². The normalized spacial score (nSPS) is 12.0. The number of rotatable bonds is 6. The molecule has 0 amide bonds. The molecule has 12 heteroatoms. The minimum absolute atomic E-state index is 0.483. The van der Waals surface area contributed by atoms with Crippen LogP contribution >= 0.6 is 15.9 Å². The highest BCUT2D eigenvalue weighted by Crippen LogP contribution is 2.43. The summed E-state index contributed by atoms with van der Waals surface area (Å²) >= 11 is 3.62. The molecule has 0 fully saturated rings. The molecule has 0 atom stereocenters. The fourth-order valence-electron chi connectivity index (χ4n) is 16.9. The van der Waals surface area contributed by atoms with Crippen LogP contribution in [0, 0.1) is 0 Å². The van der Waals surface area contributed by atoms with Crippen molar-refractivity contribution in [2.24, 2.45) is 0 Å². The van der Waals surface area contributed by atoms with E-state index in [1.54, 1.807) is 6.07 Å². The summed E-state index contributed by atoms with van der Waals surface area (Å²) in [6.45, 7) is 0. The highest BCUT2D eigenvalue weighted by atomic mass is 79.9. The Kier molecular flexibility index (Phi) is 13.9. The molecule has 8 heterocycles. The first kappa shape index (κ1) is 61.8. The molecule has 16 aromatic carbocycles. The van der Waals surface area contributed by atoms with Gasteiger partial charge in [0.05, 0.1) is 44.1 Å². The van der Waals surface area contributed by atoms with E-state index < -0.39 is 7.12 Å². The van der Waals surface area contributed by atoms with Crippen molar-refractivity contribution in [3.8, 4) is 33.9 Å². The van der Waals surface area contributed by atoms with Gasteiger partial charge in [0, 0.05) is 113 Å². The zero-order valence-corrected chi connectivity index (χ0v) is 59.2. The Morgan fingerprint density at radius 1 is 0.204 bits per heavy atom. The van der Waals surface area contributed by atoms with Gasteiger partial charge in [0.15, 0.2) is 0 Å². The molecule has 508 valence electrons. The van der Waals surface area contributed by atoms with Crippen LogP contribution in [0.4, 0.5) is 0 Å². The minimum Gasteiger partial charge on any atom is -0.456 e. The van der Waals surface area contributed by atoms with Crippen LogP contribution < -0.4 is 5.46 Å². The minimum atomic E-state index is -1.49. The van der Waals surface area contributed by atoms with Crippen LogP contribution in [0.25, 0.3) is 209 Å². The van der Waals surface area contributed by atoms with Crippen molar-refractivity contribution in [1.29, 1.82) is 0 Å². The molecule has 0 bridgehead atoms. The maximum Gasteiger partial charge on any atom is 0.488 e. The van der Waals surface area contributed by atoms with Crippen molar-refractivity contribution in [3.63, 3.8) is 0 Å². The largest absolute Gasteiger partial charge is 0.488 e. The average Bonchev–Trinajstić information content (AvgIpc) is 1.59. The molecule has 24 rings (SSSR count). The molecule has 0 unspecified atom stereocenters. The van der Waals surface area contributed by atoms with Crippen LogP contribution in [0.1, 0.15) is 0 Å². The van der Waals surface area contributed by atoms with Gasteiger partial charge in [-0.25, -0.2) is 0 Å². The first-order chi connectivity index (χ1) is 53.3. The van der Waals surface area contributed by atoms with Gasteiger partial charge < -0.3 is 46.0 Å². The van der Waals surface area contributed by atoms with Gasteiger partial charge in [-0.3, -0.25) is 0 Å². The Hall–Kier alpha value is -13.6. The van der Waals surface area contributed by atoms with Crippen LogP contribution in [-0.2, 0) is 0 Å². The van der Waals surface area contributed by atoms with Crippen molar-refractivity contribution in [1.82, 2.24) is 18.3 Å². The molecule has 108 heavy (non-hydrogen) atoms. The van der Waals surface area contributed by atoms with Crippen LogP contribution in [-0.4, -0.2) is 35.4 Å². The lowest BCUT2D eigenvalue weighted by Gasteiger charge is -2.10. The molecule has 0 radical (unpaired) electrons. The summed E-state index contributed by atoms with van der Waals surface area (Å²) in [5.41, 5.74) is 23.7. The van der Waals surface area contributed by atoms with E-state index in [4.69, 9.17) is 17.7 Å². The van der Waals surface area contributed by atoms with Crippen LogP contribution in [0.15, 0.2) is 362 Å². The molecule has 0 spiro atoms. The molecule has 0 saturated heterocycles. The van der Waals surface area contributed by atoms with E-state index >= 15 is 0 Å². The highest BCUT2D eigenvalue weighted by Gasteiger charge is 2.22. The second-order valence-electron chi connectivity index (χ2n) is 27.8. The van der Waals surface area contributed by atoms with E-state index in [0.29, 0.717) is 5.46 Å². The molecular weight excluding hydrogens is 1400 g/mol. The predicted octanol–water partition coefficient (Wildman–Crippen LogP) is 25.2. The third-order valence-electron chi connectivity index (χ3n) is 21.8. The number of benzene rings is 16. The summed E-state index contributed by atoms with van der Waals surface area (Å²) in [6, 6.07) is 119. The van der Waals surface area contributed by atoms with Gasteiger partial charge in [-0.1, -0.05) is 186 Å². The van der Waals surface area contributed by atoms with E-state index in [1.807, 2.05) is 84.9 Å². The first-order valence-corrected chi connectivity index (χ1v) is 36.9. The smallest absolute Gasteiger partial charge is 0.456 e. The highest BCUT2D eigenvalue weighted by molar-refractivity contribution is 9.10. The summed E-state index contributed by atoms with van der Waals surface area (Å²) in [7, 11) is -1.49. The van der Waals surface area contributed by atoms with Gasteiger partial charge in [-0.05, 0) is 186 Å². The van der Waals surface area contributed by atoms with E-state index in [9.17, 15) is 10.0 Å². The number of fused-ring (bicyclic) bond motifs is 24. The lowest BCUT2D eigenvalue weighted by atomic mass is 9.80. The number of para-hydroxylation sites is 8. The van der Waals surface area contributed by atoms with E-state index in [1.165, 1.54) is 76.5 Å². The van der Waals surface area contributed by atoms with Crippen molar-refractivity contribution in [2.75, 3.05) is 0 Å². The Balaban J connectivity index is 0.000000109. The second kappa shape index (κ2) is 24.2. The fourth-order valence-corrected chi connectivity index (χ4v) is 17.3. The zero-order chi connectivity index (χ0) is 71.4. The van der Waals surface area contributed by atoms with Crippen molar-refractivity contribution >= 4 is 203 Å². The molecular formula is C96H58BBrN4O6. The van der Waals surface area contributed by atoms with Gasteiger partial charge in [-0.2, -0.15) is 0 Å². The third kappa shape index (κ3) is 9.68. The summed E-state index contributed by atoms with van der Waals surface area (Å²) in [5.74, 6) is 0. The standard InChI is InChI=1S/C48H28N2O2.C24H16BNO3.C24H14BrNO/c1-5-13-41-33(9-1)37-25-29(17-21-43(37)49(41)31-19-23-47-39(27-31)35-11-3-7-15-45(35)51-47)30-18-22-44-38(26-30)34-10-2-6-14-42(34)50(44)32-20-24-48-40(28-32)36-12-4-8-16-46(36)52-48;27-25(28)15-9-11-22-19(13-15)17-5-1-3-7-21(17)26(22)16-10-12-24-20(14-16)18-6-2-4-8-23(18)29-24;25-15-9-11-22-19(13-15)17-5-1-3-7-21(17)26(22)16-10-12-24-20(14-16)18-6-2-4-8-23(18)27-24/h1-28H;1-14,27-28H;1-14H. The number of furan rings is 4. The summed E-state index contributed by atoms with van der Waals surface area (Å²) in [6.07, 6.45) is 0. The Bertz CT molecular complexity index is 7620. The maximum absolute atomic E-state index is 9.61. The van der Waals surface area contributed by atoms with Gasteiger partial charge in [0.1, 0.15) is 44.7 Å².